The first-order chi connectivity index (χ1) is 10.2. The van der Waals surface area contributed by atoms with E-state index in [9.17, 15) is 0 Å². The molecule has 0 atom stereocenters. The fourth-order valence-corrected chi connectivity index (χ4v) is 2.98. The second-order valence-corrected chi connectivity index (χ2v) is 6.31. The lowest BCUT2D eigenvalue weighted by atomic mass is 10.2. The molecule has 3 heterocycles. The van der Waals surface area contributed by atoms with Crippen LogP contribution in [0.3, 0.4) is 0 Å². The molecule has 0 spiro atoms. The van der Waals surface area contributed by atoms with Crippen LogP contribution in [0, 0.1) is 6.92 Å². The highest BCUT2D eigenvalue weighted by molar-refractivity contribution is 7.15. The lowest BCUT2D eigenvalue weighted by molar-refractivity contribution is 0.0342. The van der Waals surface area contributed by atoms with Crippen molar-refractivity contribution in [3.05, 3.63) is 28.8 Å². The number of nitrogen functional groups attached to an aromatic ring is 1. The van der Waals surface area contributed by atoms with Crippen LogP contribution in [0.2, 0.25) is 0 Å². The van der Waals surface area contributed by atoms with Crippen LogP contribution in [0.5, 0.6) is 0 Å². The molecule has 2 aromatic heterocycles. The zero-order valence-corrected chi connectivity index (χ0v) is 12.8. The van der Waals surface area contributed by atoms with Crippen molar-refractivity contribution in [3.63, 3.8) is 0 Å². The van der Waals surface area contributed by atoms with Gasteiger partial charge in [0.05, 0.1) is 13.2 Å². The van der Waals surface area contributed by atoms with Gasteiger partial charge in [-0.15, -0.1) is 11.3 Å². The number of aryl methyl sites for hydroxylation is 1. The van der Waals surface area contributed by atoms with Gasteiger partial charge in [0.15, 0.2) is 5.13 Å². The zero-order chi connectivity index (χ0) is 14.7. The van der Waals surface area contributed by atoms with Crippen LogP contribution < -0.4 is 11.1 Å². The molecule has 3 N–H and O–H groups in total. The maximum Gasteiger partial charge on any atom is 0.188 e. The summed E-state index contributed by atoms with van der Waals surface area (Å²) >= 11 is 1.60. The van der Waals surface area contributed by atoms with Gasteiger partial charge in [0, 0.05) is 30.7 Å². The van der Waals surface area contributed by atoms with Gasteiger partial charge in [-0.1, -0.05) is 0 Å². The summed E-state index contributed by atoms with van der Waals surface area (Å²) in [6.07, 6.45) is 1.84. The summed E-state index contributed by atoms with van der Waals surface area (Å²) in [5, 5.41) is 4.05. The molecule has 6 nitrogen and oxygen atoms in total. The van der Waals surface area contributed by atoms with E-state index in [1.54, 1.807) is 11.3 Å². The second kappa shape index (κ2) is 6.38. The van der Waals surface area contributed by atoms with E-state index in [0.29, 0.717) is 5.82 Å². The number of anilines is 3. The van der Waals surface area contributed by atoms with E-state index in [1.165, 1.54) is 0 Å². The number of morpholine rings is 1. The molecule has 112 valence electrons. The van der Waals surface area contributed by atoms with Gasteiger partial charge in [-0.25, -0.2) is 9.97 Å². The van der Waals surface area contributed by atoms with Gasteiger partial charge < -0.3 is 15.8 Å². The van der Waals surface area contributed by atoms with Crippen LogP contribution in [0.15, 0.2) is 18.3 Å². The molecule has 0 radical (unpaired) electrons. The van der Waals surface area contributed by atoms with Crippen LogP contribution in [0.1, 0.15) is 10.4 Å². The van der Waals surface area contributed by atoms with E-state index in [0.717, 1.165) is 54.2 Å². The van der Waals surface area contributed by atoms with E-state index in [-0.39, 0.29) is 0 Å². The molecular formula is C14H19N5OS. The average Bonchev–Trinajstić information content (AvgIpc) is 2.84. The Morgan fingerprint density at radius 3 is 2.90 bits per heavy atom. The molecule has 1 saturated heterocycles. The minimum absolute atomic E-state index is 0.525. The van der Waals surface area contributed by atoms with Crippen LogP contribution >= 0.6 is 11.3 Å². The van der Waals surface area contributed by atoms with Crippen LogP contribution in [0.4, 0.5) is 16.8 Å². The lowest BCUT2D eigenvalue weighted by Gasteiger charge is -2.26. The topological polar surface area (TPSA) is 76.3 Å². The van der Waals surface area contributed by atoms with Gasteiger partial charge in [0.25, 0.3) is 0 Å². The molecule has 1 aliphatic heterocycles. The minimum Gasteiger partial charge on any atom is -0.384 e. The molecule has 3 rings (SSSR count). The van der Waals surface area contributed by atoms with Crippen molar-refractivity contribution in [1.82, 2.24) is 14.9 Å². The highest BCUT2D eigenvalue weighted by Gasteiger charge is 2.12. The predicted molar refractivity (Wildman–Crippen MR) is 84.9 cm³/mol. The summed E-state index contributed by atoms with van der Waals surface area (Å²) in [6.45, 7) is 6.39. The van der Waals surface area contributed by atoms with E-state index in [1.807, 2.05) is 25.3 Å². The third-order valence-electron chi connectivity index (χ3n) is 3.27. The van der Waals surface area contributed by atoms with Gasteiger partial charge >= 0.3 is 0 Å². The first-order valence-electron chi connectivity index (χ1n) is 6.95. The molecule has 0 saturated carbocycles. The minimum atomic E-state index is 0.525. The Kier molecular flexibility index (Phi) is 4.33. The summed E-state index contributed by atoms with van der Waals surface area (Å²) in [7, 11) is 0. The monoisotopic (exact) mass is 305 g/mol. The summed E-state index contributed by atoms with van der Waals surface area (Å²) in [5.74, 6) is 1.27. The maximum atomic E-state index is 5.91. The fourth-order valence-electron chi connectivity index (χ4n) is 2.31. The van der Waals surface area contributed by atoms with Gasteiger partial charge in [-0.05, 0) is 24.6 Å². The lowest BCUT2D eigenvalue weighted by Crippen LogP contribution is -2.35. The summed E-state index contributed by atoms with van der Waals surface area (Å²) in [6, 6.07) is 3.95. The molecule has 0 bridgehead atoms. The number of nitrogens with one attached hydrogen (secondary N) is 1. The Bertz CT molecular complexity index is 609. The standard InChI is InChI=1S/C14H19N5OS/c1-10-8-16-14(21-10)18-13-7-11(6-12(15)17-13)9-19-2-4-20-5-3-19/h6-8H,2-5,9H2,1H3,(H3,15,16,17,18). The van der Waals surface area contributed by atoms with Gasteiger partial charge in [-0.3, -0.25) is 4.90 Å². The summed E-state index contributed by atoms with van der Waals surface area (Å²) in [5.41, 5.74) is 7.07. The van der Waals surface area contributed by atoms with Crippen molar-refractivity contribution in [3.8, 4) is 0 Å². The number of nitrogens with zero attached hydrogens (tertiary/aromatic N) is 3. The van der Waals surface area contributed by atoms with E-state index >= 15 is 0 Å². The molecule has 21 heavy (non-hydrogen) atoms. The first kappa shape index (κ1) is 14.2. The van der Waals surface area contributed by atoms with Gasteiger partial charge in [0.1, 0.15) is 11.6 Å². The van der Waals surface area contributed by atoms with Crippen molar-refractivity contribution in [2.75, 3.05) is 37.4 Å². The van der Waals surface area contributed by atoms with Crippen LogP contribution in [-0.4, -0.2) is 41.2 Å². The predicted octanol–water partition coefficient (Wildman–Crippen LogP) is 2.00. The average molecular weight is 305 g/mol. The van der Waals surface area contributed by atoms with Crippen molar-refractivity contribution in [1.29, 1.82) is 0 Å². The highest BCUT2D eigenvalue weighted by atomic mass is 32.1. The molecule has 1 fully saturated rings. The van der Waals surface area contributed by atoms with Gasteiger partial charge in [0.2, 0.25) is 0 Å². The molecule has 0 aliphatic carbocycles. The number of hydrogen-bond acceptors (Lipinski definition) is 7. The largest absolute Gasteiger partial charge is 0.384 e. The van der Waals surface area contributed by atoms with Crippen LogP contribution in [0.25, 0.3) is 0 Å². The molecule has 1 aliphatic rings. The Balaban J connectivity index is 1.72. The van der Waals surface area contributed by atoms with Crippen molar-refractivity contribution < 1.29 is 4.74 Å². The number of pyridine rings is 1. The molecule has 7 heteroatoms. The van der Waals surface area contributed by atoms with Gasteiger partial charge in [-0.2, -0.15) is 0 Å². The van der Waals surface area contributed by atoms with Crippen molar-refractivity contribution in [2.45, 2.75) is 13.5 Å². The maximum absolute atomic E-state index is 5.91. The van der Waals surface area contributed by atoms with E-state index in [4.69, 9.17) is 10.5 Å². The molecule has 0 aromatic carbocycles. The Hall–Kier alpha value is -1.70. The van der Waals surface area contributed by atoms with E-state index < -0.39 is 0 Å². The molecular weight excluding hydrogens is 286 g/mol. The molecule has 2 aromatic rings. The summed E-state index contributed by atoms with van der Waals surface area (Å²) in [4.78, 5) is 12.1. The number of rotatable bonds is 4. The fraction of sp³-hybridized carbons (Fsp3) is 0.429. The Labute approximate surface area is 128 Å². The highest BCUT2D eigenvalue weighted by Crippen LogP contribution is 2.22. The number of aromatic nitrogens is 2. The smallest absolute Gasteiger partial charge is 0.188 e. The zero-order valence-electron chi connectivity index (χ0n) is 12.0. The SMILES string of the molecule is Cc1cnc(Nc2cc(CN3CCOCC3)cc(N)n2)s1. The number of thiazole rings is 1. The van der Waals surface area contributed by atoms with E-state index in [2.05, 4.69) is 20.2 Å². The van der Waals surface area contributed by atoms with Crippen LogP contribution in [-0.2, 0) is 11.3 Å². The third-order valence-corrected chi connectivity index (χ3v) is 4.10. The molecule has 0 amide bonds. The van der Waals surface area contributed by atoms with Crippen molar-refractivity contribution >= 4 is 28.1 Å². The first-order valence-corrected chi connectivity index (χ1v) is 7.77. The molecule has 0 unspecified atom stereocenters. The number of ether oxygens (including phenoxy) is 1. The quantitative estimate of drug-likeness (QED) is 0.900. The summed E-state index contributed by atoms with van der Waals surface area (Å²) < 4.78 is 5.37. The second-order valence-electron chi connectivity index (χ2n) is 5.08. The number of nitrogens with two attached hydrogens (primary N) is 1. The third kappa shape index (κ3) is 3.90. The normalized spacial score (nSPS) is 16.0. The van der Waals surface area contributed by atoms with Crippen molar-refractivity contribution in [2.24, 2.45) is 0 Å². The number of hydrogen-bond donors (Lipinski definition) is 2. The Morgan fingerprint density at radius 2 is 2.19 bits per heavy atom. The Morgan fingerprint density at radius 1 is 1.38 bits per heavy atom.